The largest absolute Gasteiger partial charge is 0.412 e. The maximum atomic E-state index is 11.0. The molecule has 0 aromatic carbocycles. The lowest BCUT2D eigenvalue weighted by atomic mass is 9.92. The van der Waals surface area contributed by atoms with E-state index in [0.717, 1.165) is 6.42 Å². The number of hydrogen-bond donors (Lipinski definition) is 0. The van der Waals surface area contributed by atoms with Crippen molar-refractivity contribution < 1.29 is 9.22 Å². The summed E-state index contributed by atoms with van der Waals surface area (Å²) in [6, 6.07) is 0. The monoisotopic (exact) mass is 296 g/mol. The summed E-state index contributed by atoms with van der Waals surface area (Å²) in [6.45, 7) is 19.3. The molecule has 0 radical (unpaired) electrons. The molecule has 0 bridgehead atoms. The molecule has 3 heteroatoms. The van der Waals surface area contributed by atoms with Crippen LogP contribution in [0.15, 0.2) is 0 Å². The molecule has 0 unspecified atom stereocenters. The summed E-state index contributed by atoms with van der Waals surface area (Å²) in [7, 11) is -1.82. The Morgan fingerprint density at radius 3 is 2.10 bits per heavy atom. The molecule has 0 N–H and O–H groups in total. The van der Waals surface area contributed by atoms with Crippen LogP contribution < -0.4 is 0 Å². The third kappa shape index (κ3) is 5.81. The highest BCUT2D eigenvalue weighted by Crippen LogP contribution is 2.39. The second-order valence-electron chi connectivity index (χ2n) is 7.34. The maximum absolute atomic E-state index is 11.0. The van der Waals surface area contributed by atoms with E-state index in [0.29, 0.717) is 5.92 Å². The Balaban J connectivity index is 5.20. The molecule has 0 aromatic rings. The fourth-order valence-corrected chi connectivity index (χ4v) is 3.23. The Morgan fingerprint density at radius 2 is 1.75 bits per heavy atom. The van der Waals surface area contributed by atoms with Gasteiger partial charge >= 0.3 is 0 Å². The van der Waals surface area contributed by atoms with Crippen LogP contribution in [0.5, 0.6) is 0 Å². The number of Topliss-reactive ketones (excluding diaryl/α,β-unsaturated/α-hetero) is 1. The number of rotatable bonds is 5. The van der Waals surface area contributed by atoms with Gasteiger partial charge in [-0.25, -0.2) is 0 Å². The van der Waals surface area contributed by atoms with Gasteiger partial charge in [0.1, 0.15) is 0 Å². The summed E-state index contributed by atoms with van der Waals surface area (Å²) in [5.41, 5.74) is 0. The lowest BCUT2D eigenvalue weighted by Crippen LogP contribution is -2.47. The summed E-state index contributed by atoms with van der Waals surface area (Å²) in [4.78, 5) is 11.0. The van der Waals surface area contributed by atoms with Crippen molar-refractivity contribution in [2.45, 2.75) is 79.1 Å². The standard InChI is InChI=1S/C17H32O2Si/c1-10-13(2)16(14(3)11-12-15(4)18)19-20(8,9)17(5,6)7/h13-14,16H,10H2,1-9H3/t13-,14-,16+/m0/s1. The van der Waals surface area contributed by atoms with Gasteiger partial charge in [0, 0.05) is 12.8 Å². The molecule has 20 heavy (non-hydrogen) atoms. The Kier molecular flexibility index (Phi) is 7.20. The van der Waals surface area contributed by atoms with E-state index in [-0.39, 0.29) is 22.8 Å². The smallest absolute Gasteiger partial charge is 0.202 e. The van der Waals surface area contributed by atoms with Crippen LogP contribution in [0, 0.1) is 23.7 Å². The molecule has 3 atom stereocenters. The third-order valence-corrected chi connectivity index (χ3v) is 8.88. The van der Waals surface area contributed by atoms with Gasteiger partial charge in [-0.3, -0.25) is 4.79 Å². The van der Waals surface area contributed by atoms with Crippen molar-refractivity contribution in [3.05, 3.63) is 0 Å². The van der Waals surface area contributed by atoms with Crippen LogP contribution in [0.4, 0.5) is 0 Å². The van der Waals surface area contributed by atoms with E-state index in [4.69, 9.17) is 4.43 Å². The van der Waals surface area contributed by atoms with Gasteiger partial charge in [0.2, 0.25) is 5.78 Å². The Hall–Kier alpha value is -0.593. The van der Waals surface area contributed by atoms with Gasteiger partial charge in [-0.2, -0.15) is 0 Å². The molecule has 0 saturated heterocycles. The quantitative estimate of drug-likeness (QED) is 0.419. The van der Waals surface area contributed by atoms with Crippen molar-refractivity contribution in [3.8, 4) is 11.8 Å². The van der Waals surface area contributed by atoms with Crippen LogP contribution in [-0.2, 0) is 9.22 Å². The number of ketones is 1. The summed E-state index contributed by atoms with van der Waals surface area (Å²) >= 11 is 0. The first-order valence-corrected chi connectivity index (χ1v) is 10.5. The molecular weight excluding hydrogens is 264 g/mol. The fraction of sp³-hybridized carbons (Fsp3) is 0.824. The van der Waals surface area contributed by atoms with Crippen LogP contribution in [0.3, 0.4) is 0 Å². The molecular formula is C17H32O2Si. The molecule has 2 nitrogen and oxygen atoms in total. The summed E-state index contributed by atoms with van der Waals surface area (Å²) < 4.78 is 6.57. The third-order valence-electron chi connectivity index (χ3n) is 4.41. The van der Waals surface area contributed by atoms with Crippen molar-refractivity contribution in [2.24, 2.45) is 11.8 Å². The highest BCUT2D eigenvalue weighted by atomic mass is 28.4. The van der Waals surface area contributed by atoms with Gasteiger partial charge in [0.25, 0.3) is 0 Å². The van der Waals surface area contributed by atoms with Gasteiger partial charge in [0.05, 0.1) is 6.10 Å². The Labute approximate surface area is 126 Å². The Morgan fingerprint density at radius 1 is 1.25 bits per heavy atom. The van der Waals surface area contributed by atoms with E-state index in [9.17, 15) is 4.79 Å². The van der Waals surface area contributed by atoms with E-state index in [1.807, 2.05) is 0 Å². The van der Waals surface area contributed by atoms with E-state index < -0.39 is 8.32 Å². The average Bonchev–Trinajstić information content (AvgIpc) is 2.30. The molecule has 0 aliphatic carbocycles. The molecule has 116 valence electrons. The predicted molar refractivity (Wildman–Crippen MR) is 89.1 cm³/mol. The number of carbonyl (C=O) groups excluding carboxylic acids is 1. The van der Waals surface area contributed by atoms with Crippen LogP contribution in [0.2, 0.25) is 18.1 Å². The molecule has 0 amide bonds. The van der Waals surface area contributed by atoms with E-state index >= 15 is 0 Å². The van der Waals surface area contributed by atoms with Crippen molar-refractivity contribution >= 4 is 14.1 Å². The van der Waals surface area contributed by atoms with Gasteiger partial charge in [-0.15, -0.1) is 0 Å². The van der Waals surface area contributed by atoms with Crippen molar-refractivity contribution in [3.63, 3.8) is 0 Å². The van der Waals surface area contributed by atoms with E-state index in [1.54, 1.807) is 0 Å². The molecule has 0 rings (SSSR count). The molecule has 0 fully saturated rings. The summed E-state index contributed by atoms with van der Waals surface area (Å²) in [6.07, 6.45) is 1.17. The lowest BCUT2D eigenvalue weighted by Gasteiger charge is -2.42. The van der Waals surface area contributed by atoms with Gasteiger partial charge in [-0.1, -0.05) is 47.0 Å². The molecule has 0 aliphatic heterocycles. The Bertz CT molecular complexity index is 382. The predicted octanol–water partition coefficient (Wildman–Crippen LogP) is 4.65. The van der Waals surface area contributed by atoms with Crippen molar-refractivity contribution in [1.29, 1.82) is 0 Å². The zero-order valence-electron chi connectivity index (χ0n) is 14.8. The molecule has 0 heterocycles. The van der Waals surface area contributed by atoms with Crippen LogP contribution in [0.1, 0.15) is 54.9 Å². The lowest BCUT2D eigenvalue weighted by molar-refractivity contribution is -0.111. The first-order chi connectivity index (χ1) is 8.92. The highest BCUT2D eigenvalue weighted by molar-refractivity contribution is 6.74. The first kappa shape index (κ1) is 19.4. The summed E-state index contributed by atoms with van der Waals surface area (Å²) in [5.74, 6) is 6.20. The molecule has 0 spiro atoms. The van der Waals surface area contributed by atoms with Gasteiger partial charge in [0.15, 0.2) is 8.32 Å². The SMILES string of the molecule is CC[C@H](C)[C@@H](O[Si](C)(C)C(C)(C)C)[C@@H](C)C#CC(C)=O. The fourth-order valence-electron chi connectivity index (χ4n) is 1.76. The maximum Gasteiger partial charge on any atom is 0.202 e. The van der Waals surface area contributed by atoms with Crippen LogP contribution in [0.25, 0.3) is 0 Å². The minimum Gasteiger partial charge on any atom is -0.412 e. The normalized spacial score (nSPS) is 16.9. The zero-order valence-corrected chi connectivity index (χ0v) is 15.8. The average molecular weight is 297 g/mol. The van der Waals surface area contributed by atoms with Crippen molar-refractivity contribution in [1.82, 2.24) is 0 Å². The second kappa shape index (κ2) is 7.43. The molecule has 0 saturated carbocycles. The highest BCUT2D eigenvalue weighted by Gasteiger charge is 2.41. The number of hydrogen-bond acceptors (Lipinski definition) is 2. The zero-order chi connectivity index (χ0) is 16.1. The minimum absolute atomic E-state index is 0.0768. The van der Waals surface area contributed by atoms with Gasteiger partial charge < -0.3 is 4.43 Å². The number of carbonyl (C=O) groups is 1. The minimum atomic E-state index is -1.82. The van der Waals surface area contributed by atoms with E-state index in [1.165, 1.54) is 6.92 Å². The summed E-state index contributed by atoms with van der Waals surface area (Å²) in [5, 5.41) is 0.187. The second-order valence-corrected chi connectivity index (χ2v) is 12.1. The van der Waals surface area contributed by atoms with Crippen molar-refractivity contribution in [2.75, 3.05) is 0 Å². The van der Waals surface area contributed by atoms with Crippen LogP contribution >= 0.6 is 0 Å². The molecule has 0 aromatic heterocycles. The van der Waals surface area contributed by atoms with Gasteiger partial charge in [-0.05, 0) is 36.9 Å². The molecule has 0 aliphatic rings. The topological polar surface area (TPSA) is 26.3 Å². The van der Waals surface area contributed by atoms with Crippen LogP contribution in [-0.4, -0.2) is 20.2 Å². The first-order valence-electron chi connectivity index (χ1n) is 7.62. The van der Waals surface area contributed by atoms with E-state index in [2.05, 4.69) is 66.5 Å².